The SMILES string of the molecule is Cc1cccc(Cl)c1-c1noc(C2CC2)c1COc1ccc2c(n1)CCc1c(O)cc(C(=O)O)cc1O2. The molecule has 0 bridgehead atoms. The molecule has 2 aromatic carbocycles. The number of fused-ring (bicyclic) bond motifs is 2. The summed E-state index contributed by atoms with van der Waals surface area (Å²) in [6, 6.07) is 11.8. The van der Waals surface area contributed by atoms with Crippen molar-refractivity contribution in [2.75, 3.05) is 0 Å². The van der Waals surface area contributed by atoms with Gasteiger partial charge < -0.3 is 24.2 Å². The summed E-state index contributed by atoms with van der Waals surface area (Å²) >= 11 is 6.53. The molecule has 4 aromatic rings. The predicted octanol–water partition coefficient (Wildman–Crippen LogP) is 6.45. The zero-order valence-corrected chi connectivity index (χ0v) is 20.7. The molecular formula is C28H23ClN2O6. The van der Waals surface area contributed by atoms with Gasteiger partial charge in [-0.25, -0.2) is 9.78 Å². The van der Waals surface area contributed by atoms with Crippen molar-refractivity contribution in [3.8, 4) is 34.4 Å². The Hall–Kier alpha value is -4.04. The number of carboxylic acid groups (broad SMARTS) is 1. The number of aromatic hydroxyl groups is 1. The fourth-order valence-corrected chi connectivity index (χ4v) is 4.99. The number of aryl methyl sites for hydroxylation is 2. The van der Waals surface area contributed by atoms with E-state index in [1.807, 2.05) is 25.1 Å². The second kappa shape index (κ2) is 9.12. The maximum Gasteiger partial charge on any atom is 0.335 e. The second-order valence-corrected chi connectivity index (χ2v) is 9.75. The van der Waals surface area contributed by atoms with E-state index in [-0.39, 0.29) is 17.9 Å². The Morgan fingerprint density at radius 2 is 2.00 bits per heavy atom. The standard InChI is InChI=1S/C28H23ClN2O6/c1-14-3-2-4-19(29)25(14)26-18(27(37-31-26)15-5-6-15)13-35-24-10-9-22-20(30-24)8-7-17-21(32)11-16(28(33)34)12-23(17)36-22/h2-4,9-12,15,32H,5-8,13H2,1H3,(H,33,34). The van der Waals surface area contributed by atoms with Crippen molar-refractivity contribution in [2.45, 2.75) is 45.1 Å². The van der Waals surface area contributed by atoms with Gasteiger partial charge in [-0.15, -0.1) is 0 Å². The molecule has 1 saturated carbocycles. The highest BCUT2D eigenvalue weighted by Gasteiger charge is 2.33. The first-order valence-electron chi connectivity index (χ1n) is 12.0. The van der Waals surface area contributed by atoms with E-state index in [0.717, 1.165) is 35.3 Å². The number of nitrogens with zero attached hydrogens (tertiary/aromatic N) is 2. The molecule has 9 heteroatoms. The minimum Gasteiger partial charge on any atom is -0.508 e. The first kappa shape index (κ1) is 23.4. The van der Waals surface area contributed by atoms with Gasteiger partial charge in [0.05, 0.1) is 21.8 Å². The number of hydrogen-bond donors (Lipinski definition) is 2. The third kappa shape index (κ3) is 4.38. The van der Waals surface area contributed by atoms with Gasteiger partial charge in [0.2, 0.25) is 5.88 Å². The lowest BCUT2D eigenvalue weighted by molar-refractivity contribution is 0.0696. The third-order valence-corrected chi connectivity index (χ3v) is 7.08. The first-order chi connectivity index (χ1) is 17.9. The number of hydrogen-bond acceptors (Lipinski definition) is 7. The lowest BCUT2D eigenvalue weighted by atomic mass is 10.0. The van der Waals surface area contributed by atoms with Crippen molar-refractivity contribution in [3.63, 3.8) is 0 Å². The van der Waals surface area contributed by atoms with Gasteiger partial charge in [0, 0.05) is 23.1 Å². The van der Waals surface area contributed by atoms with Gasteiger partial charge in [0.15, 0.2) is 0 Å². The van der Waals surface area contributed by atoms with Crippen LogP contribution in [-0.4, -0.2) is 26.3 Å². The zero-order valence-electron chi connectivity index (χ0n) is 20.0. The monoisotopic (exact) mass is 518 g/mol. The molecule has 0 saturated heterocycles. The number of halogens is 1. The minimum absolute atomic E-state index is 0.0441. The van der Waals surface area contributed by atoms with E-state index in [9.17, 15) is 15.0 Å². The lowest BCUT2D eigenvalue weighted by Gasteiger charge is -2.12. The average Bonchev–Trinajstić information content (AvgIpc) is 3.65. The molecule has 6 rings (SSSR count). The van der Waals surface area contributed by atoms with Crippen LogP contribution in [0.25, 0.3) is 11.3 Å². The van der Waals surface area contributed by atoms with Gasteiger partial charge in [-0.05, 0) is 62.4 Å². The van der Waals surface area contributed by atoms with Crippen molar-refractivity contribution in [1.82, 2.24) is 10.1 Å². The van der Waals surface area contributed by atoms with Crippen LogP contribution in [0.15, 0.2) is 47.0 Å². The van der Waals surface area contributed by atoms with Crippen LogP contribution in [0.4, 0.5) is 0 Å². The largest absolute Gasteiger partial charge is 0.508 e. The number of ether oxygens (including phenoxy) is 2. The van der Waals surface area contributed by atoms with Crippen LogP contribution in [0, 0.1) is 6.92 Å². The molecule has 1 fully saturated rings. The van der Waals surface area contributed by atoms with Crippen LogP contribution in [0.5, 0.6) is 23.1 Å². The minimum atomic E-state index is -1.14. The predicted molar refractivity (Wildman–Crippen MR) is 135 cm³/mol. The molecule has 0 atom stereocenters. The van der Waals surface area contributed by atoms with Crippen molar-refractivity contribution >= 4 is 17.6 Å². The number of benzene rings is 2. The van der Waals surface area contributed by atoms with Crippen LogP contribution >= 0.6 is 11.6 Å². The molecule has 3 heterocycles. The Labute approximate surface area is 217 Å². The van der Waals surface area contributed by atoms with Crippen molar-refractivity contribution in [1.29, 1.82) is 0 Å². The Morgan fingerprint density at radius 1 is 1.16 bits per heavy atom. The smallest absolute Gasteiger partial charge is 0.335 e. The summed E-state index contributed by atoms with van der Waals surface area (Å²) in [7, 11) is 0. The molecule has 8 nitrogen and oxygen atoms in total. The maximum absolute atomic E-state index is 11.4. The first-order valence-corrected chi connectivity index (χ1v) is 12.4. The Kier molecular flexibility index (Phi) is 5.76. The normalized spacial score (nSPS) is 14.3. The third-order valence-electron chi connectivity index (χ3n) is 6.76. The number of pyridine rings is 1. The molecule has 0 unspecified atom stereocenters. The van der Waals surface area contributed by atoms with Crippen molar-refractivity contribution in [2.24, 2.45) is 0 Å². The molecule has 0 radical (unpaired) electrons. The van der Waals surface area contributed by atoms with E-state index >= 15 is 0 Å². The fourth-order valence-electron chi connectivity index (χ4n) is 4.68. The zero-order chi connectivity index (χ0) is 25.7. The van der Waals surface area contributed by atoms with Crippen molar-refractivity contribution < 1.29 is 29.0 Å². The number of aromatic carboxylic acids is 1. The van der Waals surface area contributed by atoms with Gasteiger partial charge >= 0.3 is 5.97 Å². The van der Waals surface area contributed by atoms with E-state index < -0.39 is 5.97 Å². The molecule has 37 heavy (non-hydrogen) atoms. The molecule has 2 aromatic heterocycles. The summed E-state index contributed by atoms with van der Waals surface area (Å²) in [5.41, 5.74) is 4.54. The molecule has 1 aliphatic carbocycles. The number of aromatic nitrogens is 2. The van der Waals surface area contributed by atoms with E-state index in [2.05, 4.69) is 10.1 Å². The van der Waals surface area contributed by atoms with Crippen LogP contribution < -0.4 is 9.47 Å². The molecule has 2 N–H and O–H groups in total. The van der Waals surface area contributed by atoms with Crippen LogP contribution in [0.1, 0.15) is 57.3 Å². The Bertz CT molecular complexity index is 1520. The Balaban J connectivity index is 1.28. The highest BCUT2D eigenvalue weighted by molar-refractivity contribution is 6.33. The van der Waals surface area contributed by atoms with Gasteiger partial charge in [-0.2, -0.15) is 0 Å². The molecule has 188 valence electrons. The molecule has 1 aliphatic heterocycles. The van der Waals surface area contributed by atoms with Gasteiger partial charge in [-0.1, -0.05) is 28.9 Å². The quantitative estimate of drug-likeness (QED) is 0.299. The highest BCUT2D eigenvalue weighted by Crippen LogP contribution is 2.45. The summed E-state index contributed by atoms with van der Waals surface area (Å²) in [4.78, 5) is 16.0. The highest BCUT2D eigenvalue weighted by atomic mass is 35.5. The van der Waals surface area contributed by atoms with Crippen molar-refractivity contribution in [3.05, 3.63) is 81.2 Å². The second-order valence-electron chi connectivity index (χ2n) is 9.34. The van der Waals surface area contributed by atoms with Crippen LogP contribution in [0.3, 0.4) is 0 Å². The number of carbonyl (C=O) groups is 1. The number of phenolic OH excluding ortho intramolecular Hbond substituents is 1. The van der Waals surface area contributed by atoms with Gasteiger partial charge in [0.1, 0.15) is 35.3 Å². The lowest BCUT2D eigenvalue weighted by Crippen LogP contribution is -2.03. The molecule has 0 spiro atoms. The van der Waals surface area contributed by atoms with E-state index in [0.29, 0.717) is 58.1 Å². The van der Waals surface area contributed by atoms with Gasteiger partial charge in [0.25, 0.3) is 0 Å². The summed E-state index contributed by atoms with van der Waals surface area (Å²) in [5.74, 6) is 1.12. The van der Waals surface area contributed by atoms with Crippen LogP contribution in [0.2, 0.25) is 5.02 Å². The number of carboxylic acids is 1. The average molecular weight is 519 g/mol. The molecular weight excluding hydrogens is 496 g/mol. The van der Waals surface area contributed by atoms with Crippen LogP contribution in [-0.2, 0) is 19.4 Å². The van der Waals surface area contributed by atoms with E-state index in [1.165, 1.54) is 12.1 Å². The molecule has 2 aliphatic rings. The topological polar surface area (TPSA) is 115 Å². The maximum atomic E-state index is 11.4. The number of rotatable bonds is 6. The summed E-state index contributed by atoms with van der Waals surface area (Å²) < 4.78 is 17.9. The molecule has 0 amide bonds. The Morgan fingerprint density at radius 3 is 2.76 bits per heavy atom. The van der Waals surface area contributed by atoms with E-state index in [4.69, 9.17) is 25.6 Å². The summed E-state index contributed by atoms with van der Waals surface area (Å²) in [6.45, 7) is 2.20. The fraction of sp³-hybridized carbons (Fsp3) is 0.250. The van der Waals surface area contributed by atoms with Gasteiger partial charge in [-0.3, -0.25) is 0 Å². The summed E-state index contributed by atoms with van der Waals surface area (Å²) in [5, 5.41) is 24.6. The summed E-state index contributed by atoms with van der Waals surface area (Å²) in [6.07, 6.45) is 3.03. The van der Waals surface area contributed by atoms with E-state index in [1.54, 1.807) is 12.1 Å². The number of phenols is 1.